The van der Waals surface area contributed by atoms with Gasteiger partial charge in [0.15, 0.2) is 5.76 Å². The highest BCUT2D eigenvalue weighted by atomic mass is 19.1. The number of nitrogens with zero attached hydrogens (tertiary/aromatic N) is 2. The molecule has 1 amide bonds. The molecule has 0 aliphatic carbocycles. The number of halogens is 1. The third kappa shape index (κ3) is 2.74. The molecule has 0 aliphatic heterocycles. The van der Waals surface area contributed by atoms with Crippen LogP contribution in [0.4, 0.5) is 10.1 Å². The van der Waals surface area contributed by atoms with E-state index < -0.39 is 0 Å². The van der Waals surface area contributed by atoms with Gasteiger partial charge in [0.2, 0.25) is 0 Å². The number of rotatable bonds is 3. The molecule has 0 bridgehead atoms. The largest absolute Gasteiger partial charge is 0.432 e. The summed E-state index contributed by atoms with van der Waals surface area (Å²) in [4.78, 5) is 17.8. The molecule has 2 aromatic carbocycles. The molecule has 1 heterocycles. The van der Waals surface area contributed by atoms with Crippen LogP contribution in [0.1, 0.15) is 10.7 Å². The molecule has 0 fully saturated rings. The Kier molecular flexibility index (Phi) is 3.70. The summed E-state index contributed by atoms with van der Waals surface area (Å²) in [6, 6.07) is 15.0. The molecular formula is C17H13FN2O2. The lowest BCUT2D eigenvalue weighted by Crippen LogP contribution is -2.26. The molecule has 3 aromatic rings. The zero-order valence-electron chi connectivity index (χ0n) is 11.9. The second kappa shape index (κ2) is 5.81. The molecule has 0 radical (unpaired) electrons. The normalized spacial score (nSPS) is 10.5. The van der Waals surface area contributed by atoms with Gasteiger partial charge in [-0.05, 0) is 36.4 Å². The Balaban J connectivity index is 1.84. The lowest BCUT2D eigenvalue weighted by atomic mass is 10.2. The first-order valence-electron chi connectivity index (χ1n) is 6.70. The van der Waals surface area contributed by atoms with Crippen LogP contribution in [0, 0.1) is 5.82 Å². The van der Waals surface area contributed by atoms with Crippen LogP contribution in [0.15, 0.2) is 65.2 Å². The Labute approximate surface area is 126 Å². The van der Waals surface area contributed by atoms with Gasteiger partial charge in [0.1, 0.15) is 5.82 Å². The van der Waals surface area contributed by atoms with Crippen molar-refractivity contribution in [1.29, 1.82) is 0 Å². The molecule has 3 rings (SSSR count). The first-order chi connectivity index (χ1) is 10.6. The fourth-order valence-electron chi connectivity index (χ4n) is 2.03. The highest BCUT2D eigenvalue weighted by Gasteiger charge is 2.19. The van der Waals surface area contributed by atoms with Gasteiger partial charge < -0.3 is 9.32 Å². The molecule has 110 valence electrons. The fraction of sp³-hybridized carbons (Fsp3) is 0.0588. The van der Waals surface area contributed by atoms with Crippen molar-refractivity contribution < 1.29 is 13.6 Å². The van der Waals surface area contributed by atoms with Gasteiger partial charge in [-0.2, -0.15) is 0 Å². The zero-order valence-corrected chi connectivity index (χ0v) is 11.9. The molecular weight excluding hydrogens is 283 g/mol. The second-order valence-electron chi connectivity index (χ2n) is 4.74. The highest BCUT2D eigenvalue weighted by molar-refractivity contribution is 6.02. The van der Waals surface area contributed by atoms with E-state index in [1.807, 2.05) is 30.3 Å². The van der Waals surface area contributed by atoms with E-state index in [4.69, 9.17) is 4.42 Å². The maximum absolute atomic E-state index is 12.9. The predicted molar refractivity (Wildman–Crippen MR) is 81.1 cm³/mol. The zero-order chi connectivity index (χ0) is 15.5. The first kappa shape index (κ1) is 14.0. The third-order valence-electron chi connectivity index (χ3n) is 3.27. The van der Waals surface area contributed by atoms with E-state index in [0.717, 1.165) is 5.69 Å². The van der Waals surface area contributed by atoms with Gasteiger partial charge >= 0.3 is 5.91 Å². The summed E-state index contributed by atoms with van der Waals surface area (Å²) in [6.45, 7) is 0. The minimum Gasteiger partial charge on any atom is -0.432 e. The van der Waals surface area contributed by atoms with Crippen LogP contribution in [-0.4, -0.2) is 17.9 Å². The summed E-state index contributed by atoms with van der Waals surface area (Å²) < 4.78 is 18.4. The number of aromatic nitrogens is 1. The van der Waals surface area contributed by atoms with Crippen LogP contribution in [0.3, 0.4) is 0 Å². The summed E-state index contributed by atoms with van der Waals surface area (Å²) >= 11 is 0. The van der Waals surface area contributed by atoms with Gasteiger partial charge in [0.05, 0.1) is 6.20 Å². The van der Waals surface area contributed by atoms with E-state index in [-0.39, 0.29) is 17.6 Å². The van der Waals surface area contributed by atoms with Gasteiger partial charge in [0.25, 0.3) is 5.89 Å². The monoisotopic (exact) mass is 296 g/mol. The highest BCUT2D eigenvalue weighted by Crippen LogP contribution is 2.22. The van der Waals surface area contributed by atoms with Crippen LogP contribution in [0.25, 0.3) is 11.3 Å². The molecule has 4 nitrogen and oxygen atoms in total. The molecule has 0 N–H and O–H groups in total. The summed E-state index contributed by atoms with van der Waals surface area (Å²) in [5.41, 5.74) is 1.41. The van der Waals surface area contributed by atoms with Gasteiger partial charge in [0, 0.05) is 18.3 Å². The standard InChI is InChI=1S/C17H13FN2O2/c1-20(14-5-3-2-4-6-14)17(21)16-19-11-15(22-16)12-7-9-13(18)10-8-12/h2-11H,1H3. The van der Waals surface area contributed by atoms with Crippen LogP contribution in [0.2, 0.25) is 0 Å². The molecule has 0 aliphatic rings. The predicted octanol–water partition coefficient (Wildman–Crippen LogP) is 3.76. The Morgan fingerprint density at radius 2 is 1.77 bits per heavy atom. The van der Waals surface area contributed by atoms with Gasteiger partial charge in [-0.15, -0.1) is 0 Å². The minimum absolute atomic E-state index is 0.00863. The van der Waals surface area contributed by atoms with Crippen molar-refractivity contribution in [3.05, 3.63) is 72.5 Å². The van der Waals surface area contributed by atoms with E-state index in [2.05, 4.69) is 4.98 Å². The Morgan fingerprint density at radius 3 is 2.45 bits per heavy atom. The molecule has 0 unspecified atom stereocenters. The summed E-state index contributed by atoms with van der Waals surface area (Å²) in [5.74, 6) is -0.265. The van der Waals surface area contributed by atoms with Crippen LogP contribution in [-0.2, 0) is 0 Å². The smallest absolute Gasteiger partial charge is 0.313 e. The van der Waals surface area contributed by atoms with Crippen LogP contribution < -0.4 is 4.90 Å². The quantitative estimate of drug-likeness (QED) is 0.739. The summed E-state index contributed by atoms with van der Waals surface area (Å²) in [7, 11) is 1.65. The maximum atomic E-state index is 12.9. The van der Waals surface area contributed by atoms with E-state index in [9.17, 15) is 9.18 Å². The molecule has 0 saturated heterocycles. The third-order valence-corrected chi connectivity index (χ3v) is 3.27. The van der Waals surface area contributed by atoms with E-state index in [0.29, 0.717) is 11.3 Å². The molecule has 0 atom stereocenters. The number of anilines is 1. The van der Waals surface area contributed by atoms with Crippen LogP contribution in [0.5, 0.6) is 0 Å². The van der Waals surface area contributed by atoms with Crippen molar-refractivity contribution in [2.75, 3.05) is 11.9 Å². The van der Waals surface area contributed by atoms with Gasteiger partial charge in [-0.1, -0.05) is 18.2 Å². The van der Waals surface area contributed by atoms with Crippen molar-refractivity contribution in [2.24, 2.45) is 0 Å². The Bertz CT molecular complexity index is 782. The number of hydrogen-bond acceptors (Lipinski definition) is 3. The Morgan fingerprint density at radius 1 is 1.09 bits per heavy atom. The average molecular weight is 296 g/mol. The van der Waals surface area contributed by atoms with Crippen molar-refractivity contribution in [3.8, 4) is 11.3 Å². The number of carbonyl (C=O) groups is 1. The molecule has 0 spiro atoms. The number of para-hydroxylation sites is 1. The Hall–Kier alpha value is -2.95. The molecule has 22 heavy (non-hydrogen) atoms. The van der Waals surface area contributed by atoms with E-state index >= 15 is 0 Å². The van der Waals surface area contributed by atoms with Crippen molar-refractivity contribution in [3.63, 3.8) is 0 Å². The van der Waals surface area contributed by atoms with Crippen molar-refractivity contribution in [2.45, 2.75) is 0 Å². The first-order valence-corrected chi connectivity index (χ1v) is 6.70. The number of benzene rings is 2. The van der Waals surface area contributed by atoms with Crippen molar-refractivity contribution >= 4 is 11.6 Å². The van der Waals surface area contributed by atoms with Crippen molar-refractivity contribution in [1.82, 2.24) is 4.98 Å². The topological polar surface area (TPSA) is 46.3 Å². The van der Waals surface area contributed by atoms with Crippen LogP contribution >= 0.6 is 0 Å². The van der Waals surface area contributed by atoms with E-state index in [1.165, 1.54) is 23.2 Å². The SMILES string of the molecule is CN(C(=O)c1ncc(-c2ccc(F)cc2)o1)c1ccccc1. The summed E-state index contributed by atoms with van der Waals surface area (Å²) in [6.07, 6.45) is 1.46. The second-order valence-corrected chi connectivity index (χ2v) is 4.74. The fourth-order valence-corrected chi connectivity index (χ4v) is 2.03. The minimum atomic E-state index is -0.348. The number of carbonyl (C=O) groups excluding carboxylic acids is 1. The summed E-state index contributed by atoms with van der Waals surface area (Å²) in [5, 5.41) is 0. The molecule has 0 saturated carbocycles. The lowest BCUT2D eigenvalue weighted by molar-refractivity contribution is 0.0960. The number of amides is 1. The van der Waals surface area contributed by atoms with Gasteiger partial charge in [-0.3, -0.25) is 4.79 Å². The molecule has 5 heteroatoms. The lowest BCUT2D eigenvalue weighted by Gasteiger charge is -2.14. The average Bonchev–Trinajstić information content (AvgIpc) is 3.05. The van der Waals surface area contributed by atoms with Gasteiger partial charge in [-0.25, -0.2) is 9.37 Å². The maximum Gasteiger partial charge on any atom is 0.313 e. The number of hydrogen-bond donors (Lipinski definition) is 0. The number of oxazole rings is 1. The van der Waals surface area contributed by atoms with E-state index in [1.54, 1.807) is 19.2 Å². The molecule has 1 aromatic heterocycles.